The van der Waals surface area contributed by atoms with Crippen LogP contribution < -0.4 is 10.1 Å². The topological polar surface area (TPSA) is 58.6 Å². The van der Waals surface area contributed by atoms with Crippen LogP contribution in [0.3, 0.4) is 0 Å². The number of unbranched alkanes of at least 4 members (excludes halogenated alkanes) is 1. The molecule has 0 aliphatic carbocycles. The van der Waals surface area contributed by atoms with Crippen LogP contribution in [-0.4, -0.2) is 24.2 Å². The highest BCUT2D eigenvalue weighted by Crippen LogP contribution is 2.26. The number of carbonyl (C=O) groups is 1. The average molecular weight is 265 g/mol. The van der Waals surface area contributed by atoms with E-state index in [9.17, 15) is 9.90 Å². The Kier molecular flexibility index (Phi) is 6.36. The van der Waals surface area contributed by atoms with Gasteiger partial charge in [-0.1, -0.05) is 25.0 Å². The third-order valence-corrected chi connectivity index (χ3v) is 2.83. The van der Waals surface area contributed by atoms with Crippen molar-refractivity contribution >= 4 is 5.91 Å². The molecule has 0 saturated heterocycles. The summed E-state index contributed by atoms with van der Waals surface area (Å²) < 4.78 is 5.47. The van der Waals surface area contributed by atoms with Gasteiger partial charge >= 0.3 is 0 Å². The summed E-state index contributed by atoms with van der Waals surface area (Å²) in [6.45, 7) is 6.36. The zero-order valence-corrected chi connectivity index (χ0v) is 11.9. The molecule has 0 radical (unpaired) electrons. The van der Waals surface area contributed by atoms with E-state index in [0.29, 0.717) is 17.9 Å². The van der Waals surface area contributed by atoms with Crippen molar-refractivity contribution in [1.82, 2.24) is 5.32 Å². The van der Waals surface area contributed by atoms with Crippen LogP contribution in [-0.2, 0) is 4.79 Å². The molecule has 1 rings (SSSR count). The second-order valence-electron chi connectivity index (χ2n) is 4.71. The molecular weight excluding hydrogens is 242 g/mol. The molecule has 1 unspecified atom stereocenters. The summed E-state index contributed by atoms with van der Waals surface area (Å²) in [4.78, 5) is 11.5. The van der Waals surface area contributed by atoms with Crippen LogP contribution in [0.2, 0.25) is 0 Å². The first-order valence-corrected chi connectivity index (χ1v) is 6.72. The van der Waals surface area contributed by atoms with Crippen molar-refractivity contribution < 1.29 is 14.6 Å². The molecule has 0 saturated carbocycles. The van der Waals surface area contributed by atoms with Gasteiger partial charge in [0.05, 0.1) is 6.10 Å². The van der Waals surface area contributed by atoms with E-state index in [1.807, 2.05) is 19.1 Å². The summed E-state index contributed by atoms with van der Waals surface area (Å²) in [6.07, 6.45) is 1.40. The average Bonchev–Trinajstić information content (AvgIpc) is 2.37. The number of ether oxygens (including phenoxy) is 1. The lowest BCUT2D eigenvalue weighted by Gasteiger charge is -2.14. The predicted octanol–water partition coefficient (Wildman–Crippen LogP) is 2.34. The number of hydrogen-bond donors (Lipinski definition) is 2. The molecule has 0 aliphatic rings. The number of aliphatic hydroxyl groups is 1. The van der Waals surface area contributed by atoms with E-state index in [1.54, 1.807) is 13.0 Å². The van der Waals surface area contributed by atoms with Gasteiger partial charge in [0.2, 0.25) is 0 Å². The molecule has 0 fully saturated rings. The van der Waals surface area contributed by atoms with Crippen molar-refractivity contribution in [3.8, 4) is 5.75 Å². The Morgan fingerprint density at radius 1 is 1.47 bits per heavy atom. The summed E-state index contributed by atoms with van der Waals surface area (Å²) in [5.74, 6) is 0.428. The Morgan fingerprint density at radius 2 is 2.21 bits per heavy atom. The van der Waals surface area contributed by atoms with Crippen LogP contribution in [0.5, 0.6) is 5.75 Å². The maximum atomic E-state index is 11.5. The molecule has 0 heterocycles. The Labute approximate surface area is 114 Å². The normalized spacial score (nSPS) is 12.0. The third-order valence-electron chi connectivity index (χ3n) is 2.83. The van der Waals surface area contributed by atoms with E-state index < -0.39 is 6.10 Å². The minimum absolute atomic E-state index is 0.0213. The molecule has 1 amide bonds. The van der Waals surface area contributed by atoms with Gasteiger partial charge in [-0.2, -0.15) is 0 Å². The van der Waals surface area contributed by atoms with E-state index in [-0.39, 0.29) is 12.5 Å². The molecule has 0 bridgehead atoms. The van der Waals surface area contributed by atoms with Gasteiger partial charge in [-0.15, -0.1) is 0 Å². The highest BCUT2D eigenvalue weighted by atomic mass is 16.5. The first-order chi connectivity index (χ1) is 9.04. The quantitative estimate of drug-likeness (QED) is 0.744. The Balaban J connectivity index is 2.55. The molecule has 1 atom stereocenters. The lowest BCUT2D eigenvalue weighted by atomic mass is 10.1. The third kappa shape index (κ3) is 5.30. The minimum atomic E-state index is -0.613. The van der Waals surface area contributed by atoms with E-state index in [2.05, 4.69) is 12.2 Å². The Hall–Kier alpha value is -1.55. The van der Waals surface area contributed by atoms with Gasteiger partial charge in [0.15, 0.2) is 6.61 Å². The number of carbonyl (C=O) groups excluding carboxylic acids is 1. The number of rotatable bonds is 7. The highest BCUT2D eigenvalue weighted by Gasteiger charge is 2.11. The summed E-state index contributed by atoms with van der Waals surface area (Å²) in [5.41, 5.74) is 1.76. The predicted molar refractivity (Wildman–Crippen MR) is 75.2 cm³/mol. The molecular formula is C15H23NO3. The van der Waals surface area contributed by atoms with Crippen LogP contribution >= 0.6 is 0 Å². The number of aryl methyl sites for hydroxylation is 1. The summed E-state index contributed by atoms with van der Waals surface area (Å²) in [7, 11) is 0. The molecule has 4 nitrogen and oxygen atoms in total. The van der Waals surface area contributed by atoms with Gasteiger partial charge in [-0.05, 0) is 32.4 Å². The van der Waals surface area contributed by atoms with Gasteiger partial charge in [0, 0.05) is 12.1 Å². The highest BCUT2D eigenvalue weighted by molar-refractivity contribution is 5.77. The molecule has 2 N–H and O–H groups in total. The fourth-order valence-electron chi connectivity index (χ4n) is 1.72. The fourth-order valence-corrected chi connectivity index (χ4v) is 1.72. The zero-order chi connectivity index (χ0) is 14.3. The molecule has 0 aromatic heterocycles. The molecule has 106 valence electrons. The summed E-state index contributed by atoms with van der Waals surface area (Å²) in [6, 6.07) is 5.56. The fraction of sp³-hybridized carbons (Fsp3) is 0.533. The van der Waals surface area contributed by atoms with Crippen LogP contribution in [0.1, 0.15) is 43.9 Å². The lowest BCUT2D eigenvalue weighted by Crippen LogP contribution is -2.29. The summed E-state index contributed by atoms with van der Waals surface area (Å²) >= 11 is 0. The van der Waals surface area contributed by atoms with Gasteiger partial charge < -0.3 is 15.2 Å². The molecule has 0 aliphatic heterocycles. The maximum absolute atomic E-state index is 11.5. The molecule has 1 aromatic carbocycles. The van der Waals surface area contributed by atoms with Gasteiger partial charge in [-0.25, -0.2) is 0 Å². The van der Waals surface area contributed by atoms with E-state index >= 15 is 0 Å². The van der Waals surface area contributed by atoms with Crippen molar-refractivity contribution in [2.45, 2.75) is 39.7 Å². The number of aliphatic hydroxyl groups excluding tert-OH is 1. The molecule has 1 aromatic rings. The number of amides is 1. The van der Waals surface area contributed by atoms with Crippen LogP contribution in [0.4, 0.5) is 0 Å². The van der Waals surface area contributed by atoms with Crippen molar-refractivity contribution in [1.29, 1.82) is 0 Å². The smallest absolute Gasteiger partial charge is 0.257 e. The number of hydrogen-bond acceptors (Lipinski definition) is 3. The summed E-state index contributed by atoms with van der Waals surface area (Å²) in [5, 5.41) is 12.5. The minimum Gasteiger partial charge on any atom is -0.483 e. The first kappa shape index (κ1) is 15.5. The first-order valence-electron chi connectivity index (χ1n) is 6.72. The van der Waals surface area contributed by atoms with Gasteiger partial charge in [0.1, 0.15) is 5.75 Å². The zero-order valence-electron chi connectivity index (χ0n) is 11.9. The van der Waals surface area contributed by atoms with Crippen molar-refractivity contribution in [3.63, 3.8) is 0 Å². The van der Waals surface area contributed by atoms with Crippen molar-refractivity contribution in [2.24, 2.45) is 0 Å². The van der Waals surface area contributed by atoms with Gasteiger partial charge in [0.25, 0.3) is 5.91 Å². The van der Waals surface area contributed by atoms with Crippen molar-refractivity contribution in [2.75, 3.05) is 13.2 Å². The largest absolute Gasteiger partial charge is 0.483 e. The standard InChI is InChI=1S/C15H23NO3/c1-4-5-8-16-15(18)10-19-14-7-6-11(2)9-13(14)12(3)17/h6-7,9,12,17H,4-5,8,10H2,1-3H3,(H,16,18). The van der Waals surface area contributed by atoms with Crippen molar-refractivity contribution in [3.05, 3.63) is 29.3 Å². The van der Waals surface area contributed by atoms with Crippen LogP contribution in [0.25, 0.3) is 0 Å². The van der Waals surface area contributed by atoms with Gasteiger partial charge in [-0.3, -0.25) is 4.79 Å². The maximum Gasteiger partial charge on any atom is 0.257 e. The monoisotopic (exact) mass is 265 g/mol. The van der Waals surface area contributed by atoms with Crippen LogP contribution in [0.15, 0.2) is 18.2 Å². The second-order valence-corrected chi connectivity index (χ2v) is 4.71. The molecule has 0 spiro atoms. The van der Waals surface area contributed by atoms with E-state index in [0.717, 1.165) is 18.4 Å². The van der Waals surface area contributed by atoms with E-state index in [4.69, 9.17) is 4.74 Å². The molecule has 19 heavy (non-hydrogen) atoms. The Bertz CT molecular complexity index is 416. The number of nitrogens with one attached hydrogen (secondary N) is 1. The SMILES string of the molecule is CCCCNC(=O)COc1ccc(C)cc1C(C)O. The molecule has 4 heteroatoms. The Morgan fingerprint density at radius 3 is 2.84 bits per heavy atom. The van der Waals surface area contributed by atoms with E-state index in [1.165, 1.54) is 0 Å². The lowest BCUT2D eigenvalue weighted by molar-refractivity contribution is -0.123. The van der Waals surface area contributed by atoms with Crippen LogP contribution in [0, 0.1) is 6.92 Å². The second kappa shape index (κ2) is 7.79. The number of benzene rings is 1.